The number of benzene rings is 1. The summed E-state index contributed by atoms with van der Waals surface area (Å²) in [6.07, 6.45) is 3.37. The Morgan fingerprint density at radius 3 is 2.64 bits per heavy atom. The molecular weight excluding hydrogens is 360 g/mol. The van der Waals surface area contributed by atoms with Crippen LogP contribution < -0.4 is 9.80 Å². The monoisotopic (exact) mass is 387 g/mol. The van der Waals surface area contributed by atoms with Gasteiger partial charge in [0.15, 0.2) is 5.67 Å². The summed E-state index contributed by atoms with van der Waals surface area (Å²) in [4.78, 5) is 8.68. The zero-order valence-electron chi connectivity index (χ0n) is 16.3. The number of rotatable bonds is 4. The third kappa shape index (κ3) is 3.97. The van der Waals surface area contributed by atoms with Crippen molar-refractivity contribution in [2.75, 3.05) is 49.2 Å². The minimum absolute atomic E-state index is 0.197. The van der Waals surface area contributed by atoms with Crippen molar-refractivity contribution in [3.63, 3.8) is 0 Å². The lowest BCUT2D eigenvalue weighted by Crippen LogP contribution is -2.43. The molecule has 2 unspecified atom stereocenters. The average Bonchev–Trinajstić information content (AvgIpc) is 2.74. The predicted molar refractivity (Wildman–Crippen MR) is 107 cm³/mol. The van der Waals surface area contributed by atoms with Crippen molar-refractivity contribution in [2.45, 2.75) is 25.4 Å². The molecule has 0 saturated carbocycles. The first-order valence-electron chi connectivity index (χ1n) is 10.0. The molecule has 150 valence electrons. The molecule has 2 fully saturated rings. The van der Waals surface area contributed by atoms with Crippen LogP contribution in [0.4, 0.5) is 20.2 Å². The first kappa shape index (κ1) is 19.1. The minimum Gasteiger partial charge on any atom is -0.378 e. The van der Waals surface area contributed by atoms with Crippen LogP contribution in [-0.4, -0.2) is 44.4 Å². The summed E-state index contributed by atoms with van der Waals surface area (Å²) in [6.45, 7) is 6.01. The quantitative estimate of drug-likeness (QED) is 0.788. The molecule has 1 aromatic carbocycles. The average molecular weight is 387 g/mol. The maximum absolute atomic E-state index is 16.0. The maximum atomic E-state index is 16.0. The van der Waals surface area contributed by atoms with Gasteiger partial charge in [-0.1, -0.05) is 6.07 Å². The van der Waals surface area contributed by atoms with Gasteiger partial charge in [-0.05, 0) is 50.1 Å². The van der Waals surface area contributed by atoms with Gasteiger partial charge >= 0.3 is 0 Å². The number of pyridine rings is 1. The molecule has 2 aliphatic heterocycles. The van der Waals surface area contributed by atoms with E-state index in [1.165, 1.54) is 12.1 Å². The van der Waals surface area contributed by atoms with Crippen molar-refractivity contribution in [1.29, 1.82) is 0 Å². The lowest BCUT2D eigenvalue weighted by Gasteiger charge is -2.40. The van der Waals surface area contributed by atoms with E-state index < -0.39 is 5.67 Å². The molecule has 6 heteroatoms. The van der Waals surface area contributed by atoms with Gasteiger partial charge in [0.1, 0.15) is 5.82 Å². The van der Waals surface area contributed by atoms with Gasteiger partial charge in [0.05, 0.1) is 18.9 Å². The van der Waals surface area contributed by atoms with Gasteiger partial charge in [0.25, 0.3) is 0 Å². The maximum Gasteiger partial charge on any atom is 0.154 e. The molecule has 2 aromatic rings. The van der Waals surface area contributed by atoms with Gasteiger partial charge in [-0.15, -0.1) is 0 Å². The summed E-state index contributed by atoms with van der Waals surface area (Å²) in [5, 5.41) is 0. The van der Waals surface area contributed by atoms with E-state index in [1.54, 1.807) is 19.2 Å². The summed E-state index contributed by atoms with van der Waals surface area (Å²) >= 11 is 0. The lowest BCUT2D eigenvalue weighted by molar-refractivity contribution is 0.0833. The highest BCUT2D eigenvalue weighted by atomic mass is 19.1. The van der Waals surface area contributed by atoms with Gasteiger partial charge in [0, 0.05) is 49.7 Å². The van der Waals surface area contributed by atoms with Crippen LogP contribution in [0.5, 0.6) is 0 Å². The third-order valence-corrected chi connectivity index (χ3v) is 5.98. The van der Waals surface area contributed by atoms with Crippen molar-refractivity contribution < 1.29 is 13.5 Å². The van der Waals surface area contributed by atoms with Crippen LogP contribution in [0, 0.1) is 11.7 Å². The van der Waals surface area contributed by atoms with Crippen molar-refractivity contribution in [2.24, 2.45) is 5.92 Å². The van der Waals surface area contributed by atoms with Crippen LogP contribution in [0.15, 0.2) is 42.6 Å². The van der Waals surface area contributed by atoms with E-state index in [0.717, 1.165) is 43.9 Å². The molecule has 2 saturated heterocycles. The van der Waals surface area contributed by atoms with Gasteiger partial charge in [-0.3, -0.25) is 4.98 Å². The molecule has 3 heterocycles. The first-order valence-corrected chi connectivity index (χ1v) is 10.0. The second-order valence-corrected chi connectivity index (χ2v) is 7.84. The molecule has 4 nitrogen and oxygen atoms in total. The fraction of sp³-hybridized carbons (Fsp3) is 0.500. The van der Waals surface area contributed by atoms with E-state index in [9.17, 15) is 4.39 Å². The number of morpholine rings is 1. The number of anilines is 2. The summed E-state index contributed by atoms with van der Waals surface area (Å²) in [5.74, 6) is -0.459. The minimum atomic E-state index is -1.55. The van der Waals surface area contributed by atoms with Gasteiger partial charge in [-0.25, -0.2) is 8.78 Å². The highest BCUT2D eigenvalue weighted by Gasteiger charge is 2.40. The van der Waals surface area contributed by atoms with Crippen LogP contribution in [0.25, 0.3) is 0 Å². The molecular formula is C22H27F2N3O. The normalized spacial score (nSPS) is 22.8. The van der Waals surface area contributed by atoms with Crippen LogP contribution in [-0.2, 0) is 10.4 Å². The van der Waals surface area contributed by atoms with Crippen molar-refractivity contribution in [1.82, 2.24) is 4.98 Å². The van der Waals surface area contributed by atoms with E-state index >= 15 is 4.39 Å². The zero-order valence-corrected chi connectivity index (χ0v) is 16.3. The van der Waals surface area contributed by atoms with E-state index in [-0.39, 0.29) is 11.7 Å². The summed E-state index contributed by atoms with van der Waals surface area (Å²) in [7, 11) is 0. The number of hydrogen-bond donors (Lipinski definition) is 0. The molecule has 28 heavy (non-hydrogen) atoms. The summed E-state index contributed by atoms with van der Waals surface area (Å²) in [5.41, 5.74) is 0.738. The molecule has 1 aromatic heterocycles. The van der Waals surface area contributed by atoms with E-state index in [2.05, 4.69) is 14.8 Å². The number of piperidine rings is 1. The Kier molecular flexibility index (Phi) is 5.49. The topological polar surface area (TPSA) is 28.6 Å². The molecule has 0 amide bonds. The van der Waals surface area contributed by atoms with Crippen LogP contribution in [0.2, 0.25) is 0 Å². The second kappa shape index (κ2) is 8.03. The van der Waals surface area contributed by atoms with E-state index in [4.69, 9.17) is 4.74 Å². The Labute approximate surface area is 165 Å². The molecule has 0 spiro atoms. The van der Waals surface area contributed by atoms with Crippen molar-refractivity contribution >= 4 is 11.4 Å². The van der Waals surface area contributed by atoms with Crippen molar-refractivity contribution in [3.05, 3.63) is 54.1 Å². The number of hydrogen-bond acceptors (Lipinski definition) is 4. The molecule has 2 atom stereocenters. The number of halogens is 2. The number of ether oxygens (including phenoxy) is 1. The van der Waals surface area contributed by atoms with E-state index in [0.29, 0.717) is 25.5 Å². The molecule has 0 aliphatic carbocycles. The number of aromatic nitrogens is 1. The predicted octanol–water partition coefficient (Wildman–Crippen LogP) is 4.16. The number of alkyl halides is 1. The fourth-order valence-electron chi connectivity index (χ4n) is 4.24. The first-order chi connectivity index (χ1) is 13.5. The molecule has 0 N–H and O–H groups in total. The van der Waals surface area contributed by atoms with E-state index in [1.807, 2.05) is 18.2 Å². The Hall–Kier alpha value is -2.21. The third-order valence-electron chi connectivity index (χ3n) is 5.98. The standard InChI is InChI=1S/C22H27F2N3O/c1-22(24,21-15-20(7-8-25-21)26-10-12-28-13-11-26)17-4-3-9-27(16-17)19-6-2-5-18(23)14-19/h2,5-8,14-15,17H,3-4,9-13,16H2,1H3. The Morgan fingerprint density at radius 2 is 1.86 bits per heavy atom. The van der Waals surface area contributed by atoms with Crippen LogP contribution in [0.3, 0.4) is 0 Å². The second-order valence-electron chi connectivity index (χ2n) is 7.84. The van der Waals surface area contributed by atoms with Crippen LogP contribution >= 0.6 is 0 Å². The van der Waals surface area contributed by atoms with Gasteiger partial charge in [-0.2, -0.15) is 0 Å². The van der Waals surface area contributed by atoms with Crippen LogP contribution in [0.1, 0.15) is 25.5 Å². The highest BCUT2D eigenvalue weighted by Crippen LogP contribution is 2.40. The SMILES string of the molecule is CC(F)(c1cc(N2CCOCC2)ccn1)C1CCCN(c2cccc(F)c2)C1. The largest absolute Gasteiger partial charge is 0.378 e. The van der Waals surface area contributed by atoms with Crippen molar-refractivity contribution in [3.8, 4) is 0 Å². The Bertz CT molecular complexity index is 808. The smallest absolute Gasteiger partial charge is 0.154 e. The highest BCUT2D eigenvalue weighted by molar-refractivity contribution is 5.49. The zero-order chi connectivity index (χ0) is 19.6. The molecule has 4 rings (SSSR count). The molecule has 0 bridgehead atoms. The fourth-order valence-corrected chi connectivity index (χ4v) is 4.24. The number of nitrogens with zero attached hydrogens (tertiary/aromatic N) is 3. The lowest BCUT2D eigenvalue weighted by atomic mass is 9.81. The summed E-state index contributed by atoms with van der Waals surface area (Å²) in [6, 6.07) is 10.4. The van der Waals surface area contributed by atoms with Gasteiger partial charge < -0.3 is 14.5 Å². The summed E-state index contributed by atoms with van der Waals surface area (Å²) < 4.78 is 35.0. The molecule has 0 radical (unpaired) electrons. The Morgan fingerprint density at radius 1 is 1.07 bits per heavy atom. The molecule has 2 aliphatic rings. The Balaban J connectivity index is 1.54. The van der Waals surface area contributed by atoms with Gasteiger partial charge in [0.2, 0.25) is 0 Å².